The zero-order valence-electron chi connectivity index (χ0n) is 17.8. The van der Waals surface area contributed by atoms with E-state index >= 15 is 0 Å². The second-order valence-electron chi connectivity index (χ2n) is 7.39. The van der Waals surface area contributed by atoms with E-state index in [1.54, 1.807) is 30.3 Å². The smallest absolute Gasteiger partial charge is 0.329 e. The number of para-hydroxylation sites is 1. The highest BCUT2D eigenvalue weighted by Crippen LogP contribution is 2.19. The average molecular weight is 524 g/mol. The Morgan fingerprint density at radius 1 is 1.03 bits per heavy atom. The van der Waals surface area contributed by atoms with Crippen molar-refractivity contribution >= 4 is 45.5 Å². The monoisotopic (exact) mass is 523 g/mol. The molecule has 7 nitrogen and oxygen atoms in total. The summed E-state index contributed by atoms with van der Waals surface area (Å²) in [6.07, 6.45) is 1.51. The van der Waals surface area contributed by atoms with E-state index < -0.39 is 30.2 Å². The molecule has 0 spiro atoms. The summed E-state index contributed by atoms with van der Waals surface area (Å²) >= 11 is 3.39. The predicted octanol–water partition coefficient (Wildman–Crippen LogP) is 4.70. The molecule has 1 saturated heterocycles. The number of carbonyl (C=O) groups excluding carboxylic acids is 3. The van der Waals surface area contributed by atoms with Gasteiger partial charge in [-0.2, -0.15) is 0 Å². The van der Waals surface area contributed by atoms with Crippen LogP contribution >= 0.6 is 15.9 Å². The first-order valence-corrected chi connectivity index (χ1v) is 11.0. The minimum atomic E-state index is -0.727. The van der Waals surface area contributed by atoms with Crippen LogP contribution in [0, 0.1) is 5.82 Å². The first-order valence-electron chi connectivity index (χ1n) is 10.3. The van der Waals surface area contributed by atoms with Gasteiger partial charge in [0.2, 0.25) is 5.91 Å². The van der Waals surface area contributed by atoms with Gasteiger partial charge < -0.3 is 15.4 Å². The number of ether oxygens (including phenoxy) is 1. The second kappa shape index (κ2) is 10.3. The van der Waals surface area contributed by atoms with Crippen LogP contribution in [0.1, 0.15) is 11.1 Å². The summed E-state index contributed by atoms with van der Waals surface area (Å²) in [5.41, 5.74) is 1.69. The van der Waals surface area contributed by atoms with Gasteiger partial charge in [0.25, 0.3) is 5.91 Å². The lowest BCUT2D eigenvalue weighted by Gasteiger charge is -2.12. The Kier molecular flexibility index (Phi) is 7.03. The number of halogens is 2. The molecule has 4 rings (SSSR count). The van der Waals surface area contributed by atoms with Gasteiger partial charge in [-0.15, -0.1) is 0 Å². The Morgan fingerprint density at radius 2 is 1.74 bits per heavy atom. The first-order chi connectivity index (χ1) is 16.4. The van der Waals surface area contributed by atoms with Crippen LogP contribution in [0.25, 0.3) is 6.08 Å². The Hall–Kier alpha value is -3.98. The number of rotatable bonds is 7. The molecule has 0 bridgehead atoms. The Labute approximate surface area is 203 Å². The SMILES string of the molecule is O=C(CN1C(=O)N/C(=C/c2ccc(OCc3ccc(Br)cc3)cc2)C1=O)Nc1ccccc1F. The van der Waals surface area contributed by atoms with E-state index in [1.807, 2.05) is 24.3 Å². The van der Waals surface area contributed by atoms with Crippen LogP contribution in [0.4, 0.5) is 14.9 Å². The molecule has 1 fully saturated rings. The molecule has 1 heterocycles. The maximum absolute atomic E-state index is 13.7. The molecular formula is C25H19BrFN3O4. The maximum Gasteiger partial charge on any atom is 0.329 e. The zero-order chi connectivity index (χ0) is 24.1. The Morgan fingerprint density at radius 3 is 2.44 bits per heavy atom. The number of imide groups is 1. The van der Waals surface area contributed by atoms with Gasteiger partial charge in [0, 0.05) is 4.47 Å². The van der Waals surface area contributed by atoms with Crippen LogP contribution in [-0.2, 0) is 16.2 Å². The van der Waals surface area contributed by atoms with Crippen molar-refractivity contribution in [1.82, 2.24) is 10.2 Å². The van der Waals surface area contributed by atoms with Crippen LogP contribution in [0.15, 0.2) is 83.0 Å². The minimum absolute atomic E-state index is 0.0298. The summed E-state index contributed by atoms with van der Waals surface area (Å²) in [6, 6.07) is 19.7. The predicted molar refractivity (Wildman–Crippen MR) is 128 cm³/mol. The van der Waals surface area contributed by atoms with Gasteiger partial charge in [-0.3, -0.25) is 9.59 Å². The van der Waals surface area contributed by atoms with Gasteiger partial charge >= 0.3 is 6.03 Å². The zero-order valence-corrected chi connectivity index (χ0v) is 19.3. The lowest BCUT2D eigenvalue weighted by atomic mass is 10.2. The van der Waals surface area contributed by atoms with Crippen molar-refractivity contribution in [2.75, 3.05) is 11.9 Å². The summed E-state index contributed by atoms with van der Waals surface area (Å²) in [4.78, 5) is 37.8. The summed E-state index contributed by atoms with van der Waals surface area (Å²) in [6.45, 7) is -0.134. The second-order valence-corrected chi connectivity index (χ2v) is 8.31. The molecular weight excluding hydrogens is 505 g/mol. The molecule has 172 valence electrons. The summed E-state index contributed by atoms with van der Waals surface area (Å²) in [7, 11) is 0. The number of carbonyl (C=O) groups is 3. The third kappa shape index (κ3) is 5.68. The molecule has 0 saturated carbocycles. The number of benzene rings is 3. The molecule has 3 aromatic rings. The fourth-order valence-corrected chi connectivity index (χ4v) is 3.45. The van der Waals surface area contributed by atoms with Crippen molar-refractivity contribution in [3.05, 3.63) is 99.9 Å². The fraction of sp³-hybridized carbons (Fsp3) is 0.0800. The molecule has 34 heavy (non-hydrogen) atoms. The van der Waals surface area contributed by atoms with Crippen molar-refractivity contribution in [2.45, 2.75) is 6.61 Å². The molecule has 3 aromatic carbocycles. The van der Waals surface area contributed by atoms with Crippen molar-refractivity contribution in [2.24, 2.45) is 0 Å². The fourth-order valence-electron chi connectivity index (χ4n) is 3.19. The third-order valence-corrected chi connectivity index (χ3v) is 5.45. The summed E-state index contributed by atoms with van der Waals surface area (Å²) < 4.78 is 20.5. The van der Waals surface area contributed by atoms with Crippen LogP contribution in [0.3, 0.4) is 0 Å². The molecule has 0 radical (unpaired) electrons. The van der Waals surface area contributed by atoms with Crippen molar-refractivity contribution in [1.29, 1.82) is 0 Å². The molecule has 0 aliphatic carbocycles. The number of nitrogens with zero attached hydrogens (tertiary/aromatic N) is 1. The van der Waals surface area contributed by atoms with E-state index in [4.69, 9.17) is 4.74 Å². The number of urea groups is 1. The van der Waals surface area contributed by atoms with E-state index in [2.05, 4.69) is 26.6 Å². The van der Waals surface area contributed by atoms with Crippen LogP contribution < -0.4 is 15.4 Å². The number of nitrogens with one attached hydrogen (secondary N) is 2. The molecule has 4 amide bonds. The largest absolute Gasteiger partial charge is 0.489 e. The van der Waals surface area contributed by atoms with E-state index in [9.17, 15) is 18.8 Å². The summed E-state index contributed by atoms with van der Waals surface area (Å²) in [5.74, 6) is -1.30. The van der Waals surface area contributed by atoms with Gasteiger partial charge in [0.05, 0.1) is 5.69 Å². The lowest BCUT2D eigenvalue weighted by molar-refractivity contribution is -0.127. The van der Waals surface area contributed by atoms with E-state index in [0.29, 0.717) is 17.9 Å². The van der Waals surface area contributed by atoms with E-state index in [1.165, 1.54) is 24.3 Å². The number of anilines is 1. The van der Waals surface area contributed by atoms with Crippen LogP contribution in [-0.4, -0.2) is 29.3 Å². The molecule has 0 atom stereocenters. The van der Waals surface area contributed by atoms with Crippen molar-refractivity contribution in [3.63, 3.8) is 0 Å². The van der Waals surface area contributed by atoms with Gasteiger partial charge in [0.15, 0.2) is 0 Å². The summed E-state index contributed by atoms with van der Waals surface area (Å²) in [5, 5.41) is 4.81. The highest BCUT2D eigenvalue weighted by molar-refractivity contribution is 9.10. The quantitative estimate of drug-likeness (QED) is 0.347. The molecule has 1 aliphatic rings. The topological polar surface area (TPSA) is 87.7 Å². The van der Waals surface area contributed by atoms with Crippen molar-refractivity contribution in [3.8, 4) is 5.75 Å². The highest BCUT2D eigenvalue weighted by atomic mass is 79.9. The standard InChI is InChI=1S/C25H19BrFN3O4/c26-18-9-5-17(6-10-18)15-34-19-11-7-16(8-12-19)13-22-24(32)30(25(33)29-22)14-23(31)28-21-4-2-1-3-20(21)27/h1-13H,14-15H2,(H,28,31)(H,29,33)/b22-13+. The third-order valence-electron chi connectivity index (χ3n) is 4.92. The average Bonchev–Trinajstić information content (AvgIpc) is 3.08. The highest BCUT2D eigenvalue weighted by Gasteiger charge is 2.35. The number of hydrogen-bond donors (Lipinski definition) is 2. The Balaban J connectivity index is 1.36. The maximum atomic E-state index is 13.7. The van der Waals surface area contributed by atoms with E-state index in [0.717, 1.165) is 14.9 Å². The molecule has 1 aliphatic heterocycles. The minimum Gasteiger partial charge on any atom is -0.489 e. The van der Waals surface area contributed by atoms with Crippen LogP contribution in [0.5, 0.6) is 5.75 Å². The van der Waals surface area contributed by atoms with Gasteiger partial charge in [0.1, 0.15) is 30.4 Å². The van der Waals surface area contributed by atoms with Crippen LogP contribution in [0.2, 0.25) is 0 Å². The normalized spacial score (nSPS) is 14.3. The Bertz CT molecular complexity index is 1260. The molecule has 0 aromatic heterocycles. The first kappa shape index (κ1) is 23.2. The van der Waals surface area contributed by atoms with E-state index in [-0.39, 0.29) is 11.4 Å². The number of amides is 4. The number of hydrogen-bond acceptors (Lipinski definition) is 4. The van der Waals surface area contributed by atoms with Gasteiger partial charge in [-0.05, 0) is 53.6 Å². The van der Waals surface area contributed by atoms with Gasteiger partial charge in [-0.1, -0.05) is 52.3 Å². The molecule has 0 unspecified atom stereocenters. The van der Waals surface area contributed by atoms with Crippen molar-refractivity contribution < 1.29 is 23.5 Å². The molecule has 2 N–H and O–H groups in total. The molecule has 9 heteroatoms. The lowest BCUT2D eigenvalue weighted by Crippen LogP contribution is -2.38. The van der Waals surface area contributed by atoms with Gasteiger partial charge in [-0.25, -0.2) is 14.1 Å².